The van der Waals surface area contributed by atoms with Crippen LogP contribution in [0.5, 0.6) is 0 Å². The van der Waals surface area contributed by atoms with E-state index in [1.807, 2.05) is 0 Å². The number of aromatic amines is 1. The maximum Gasteiger partial charge on any atom is 0.225 e. The molecule has 0 atom stereocenters. The third-order valence-corrected chi connectivity index (χ3v) is 3.01. The molecule has 3 aromatic rings. The molecule has 6 nitrogen and oxygen atoms in total. The van der Waals surface area contributed by atoms with Crippen molar-refractivity contribution in [2.24, 2.45) is 0 Å². The Morgan fingerprint density at radius 1 is 1.12 bits per heavy atom. The van der Waals surface area contributed by atoms with E-state index in [0.29, 0.717) is 15.8 Å². The Labute approximate surface area is 105 Å². The number of nitrogens with zero attached hydrogens (tertiary/aromatic N) is 5. The molecule has 8 heteroatoms. The molecule has 0 aromatic carbocycles. The number of halogens is 1. The Bertz CT molecular complexity index is 655. The molecule has 0 saturated carbocycles. The highest BCUT2D eigenvalue weighted by molar-refractivity contribution is 7.99. The molecular formula is C9H5ClN6S. The summed E-state index contributed by atoms with van der Waals surface area (Å²) in [4.78, 5) is 23.3. The second kappa shape index (κ2) is 4.27. The van der Waals surface area contributed by atoms with Crippen LogP contribution in [0.2, 0.25) is 5.28 Å². The van der Waals surface area contributed by atoms with Gasteiger partial charge >= 0.3 is 0 Å². The number of fused-ring (bicyclic) bond motifs is 1. The number of aromatic nitrogens is 6. The van der Waals surface area contributed by atoms with Crippen LogP contribution in [0.15, 0.2) is 35.0 Å². The summed E-state index contributed by atoms with van der Waals surface area (Å²) in [7, 11) is 0. The maximum absolute atomic E-state index is 5.82. The molecular weight excluding hydrogens is 260 g/mol. The second-order valence-electron chi connectivity index (χ2n) is 3.03. The van der Waals surface area contributed by atoms with Gasteiger partial charge in [-0.05, 0) is 29.4 Å². The Balaban J connectivity index is 2.08. The average molecular weight is 265 g/mol. The van der Waals surface area contributed by atoms with Crippen LogP contribution in [0.3, 0.4) is 0 Å². The molecule has 0 radical (unpaired) electrons. The molecule has 0 unspecified atom stereocenters. The van der Waals surface area contributed by atoms with Crippen molar-refractivity contribution >= 4 is 34.5 Å². The van der Waals surface area contributed by atoms with Crippen molar-refractivity contribution in [1.29, 1.82) is 0 Å². The van der Waals surface area contributed by atoms with Crippen LogP contribution >= 0.6 is 23.4 Å². The van der Waals surface area contributed by atoms with E-state index in [-0.39, 0.29) is 5.28 Å². The SMILES string of the molecule is Clc1nc(Sc2ncccn2)c2[nH]cnc2n1. The summed E-state index contributed by atoms with van der Waals surface area (Å²) < 4.78 is 0. The van der Waals surface area contributed by atoms with Gasteiger partial charge in [0.25, 0.3) is 0 Å². The molecule has 3 heterocycles. The van der Waals surface area contributed by atoms with Gasteiger partial charge in [0, 0.05) is 12.4 Å². The van der Waals surface area contributed by atoms with Gasteiger partial charge in [0.15, 0.2) is 10.8 Å². The first-order valence-corrected chi connectivity index (χ1v) is 5.84. The minimum absolute atomic E-state index is 0.156. The highest BCUT2D eigenvalue weighted by atomic mass is 35.5. The second-order valence-corrected chi connectivity index (χ2v) is 4.33. The van der Waals surface area contributed by atoms with E-state index in [2.05, 4.69) is 29.9 Å². The zero-order valence-corrected chi connectivity index (χ0v) is 9.90. The Kier molecular flexibility index (Phi) is 2.62. The fourth-order valence-corrected chi connectivity index (χ4v) is 2.28. The number of nitrogens with one attached hydrogen (secondary N) is 1. The molecule has 0 aliphatic carbocycles. The summed E-state index contributed by atoms with van der Waals surface area (Å²) >= 11 is 7.12. The first-order valence-electron chi connectivity index (χ1n) is 4.64. The van der Waals surface area contributed by atoms with Gasteiger partial charge in [-0.1, -0.05) is 0 Å². The largest absolute Gasteiger partial charge is 0.341 e. The summed E-state index contributed by atoms with van der Waals surface area (Å²) in [6.45, 7) is 0. The van der Waals surface area contributed by atoms with Crippen molar-refractivity contribution in [3.8, 4) is 0 Å². The van der Waals surface area contributed by atoms with Crippen molar-refractivity contribution in [2.45, 2.75) is 10.2 Å². The molecule has 0 amide bonds. The van der Waals surface area contributed by atoms with Crippen molar-refractivity contribution in [3.05, 3.63) is 30.1 Å². The highest BCUT2D eigenvalue weighted by Gasteiger charge is 2.11. The molecule has 1 N–H and O–H groups in total. The highest BCUT2D eigenvalue weighted by Crippen LogP contribution is 2.28. The van der Waals surface area contributed by atoms with Crippen LogP contribution < -0.4 is 0 Å². The minimum Gasteiger partial charge on any atom is -0.341 e. The van der Waals surface area contributed by atoms with Crippen molar-refractivity contribution in [3.63, 3.8) is 0 Å². The molecule has 0 saturated heterocycles. The summed E-state index contributed by atoms with van der Waals surface area (Å²) in [5.41, 5.74) is 1.26. The Morgan fingerprint density at radius 3 is 2.76 bits per heavy atom. The summed E-state index contributed by atoms with van der Waals surface area (Å²) in [6, 6.07) is 1.75. The van der Waals surface area contributed by atoms with Gasteiger partial charge < -0.3 is 4.98 Å². The molecule has 0 fully saturated rings. The third kappa shape index (κ3) is 2.06. The molecule has 0 aliphatic heterocycles. The van der Waals surface area contributed by atoms with Gasteiger partial charge in [-0.25, -0.2) is 19.9 Å². The van der Waals surface area contributed by atoms with E-state index in [0.717, 1.165) is 5.52 Å². The van der Waals surface area contributed by atoms with Crippen LogP contribution in [-0.4, -0.2) is 29.9 Å². The zero-order chi connectivity index (χ0) is 11.7. The Hall–Kier alpha value is -1.73. The van der Waals surface area contributed by atoms with E-state index >= 15 is 0 Å². The van der Waals surface area contributed by atoms with E-state index in [4.69, 9.17) is 11.6 Å². The van der Waals surface area contributed by atoms with Crippen LogP contribution in [0.4, 0.5) is 0 Å². The lowest BCUT2D eigenvalue weighted by Gasteiger charge is -2.00. The summed E-state index contributed by atoms with van der Waals surface area (Å²) in [5, 5.41) is 1.41. The topological polar surface area (TPSA) is 80.2 Å². The van der Waals surface area contributed by atoms with Crippen LogP contribution in [-0.2, 0) is 0 Å². The van der Waals surface area contributed by atoms with Gasteiger partial charge in [0.2, 0.25) is 5.28 Å². The smallest absolute Gasteiger partial charge is 0.225 e. The van der Waals surface area contributed by atoms with E-state index in [9.17, 15) is 0 Å². The predicted molar refractivity (Wildman–Crippen MR) is 62.8 cm³/mol. The van der Waals surface area contributed by atoms with Gasteiger partial charge in [0.05, 0.1) is 6.33 Å². The van der Waals surface area contributed by atoms with Gasteiger partial charge in [-0.15, -0.1) is 0 Å². The minimum atomic E-state index is 0.156. The molecule has 3 aromatic heterocycles. The lowest BCUT2D eigenvalue weighted by Crippen LogP contribution is -1.90. The predicted octanol–water partition coefficient (Wildman–Crippen LogP) is 1.95. The molecule has 0 bridgehead atoms. The Morgan fingerprint density at radius 2 is 1.94 bits per heavy atom. The lowest BCUT2D eigenvalue weighted by atomic mass is 10.6. The van der Waals surface area contributed by atoms with Crippen LogP contribution in [0.25, 0.3) is 11.2 Å². The molecule has 3 rings (SSSR count). The lowest BCUT2D eigenvalue weighted by molar-refractivity contribution is 0.959. The zero-order valence-electron chi connectivity index (χ0n) is 8.33. The molecule has 17 heavy (non-hydrogen) atoms. The quantitative estimate of drug-likeness (QED) is 0.563. The van der Waals surface area contributed by atoms with Crippen molar-refractivity contribution < 1.29 is 0 Å². The van der Waals surface area contributed by atoms with E-state index < -0.39 is 0 Å². The summed E-state index contributed by atoms with van der Waals surface area (Å²) in [5.74, 6) is 0. The molecule has 0 spiro atoms. The van der Waals surface area contributed by atoms with Crippen LogP contribution in [0.1, 0.15) is 0 Å². The molecule has 84 valence electrons. The number of H-pyrrole nitrogens is 1. The van der Waals surface area contributed by atoms with E-state index in [1.54, 1.807) is 24.8 Å². The van der Waals surface area contributed by atoms with Gasteiger partial charge in [-0.2, -0.15) is 4.98 Å². The number of imidazole rings is 1. The van der Waals surface area contributed by atoms with Crippen molar-refractivity contribution in [1.82, 2.24) is 29.9 Å². The number of hydrogen-bond acceptors (Lipinski definition) is 6. The molecule has 0 aliphatic rings. The van der Waals surface area contributed by atoms with Crippen molar-refractivity contribution in [2.75, 3.05) is 0 Å². The first kappa shape index (κ1) is 10.4. The fourth-order valence-electron chi connectivity index (χ4n) is 1.28. The average Bonchev–Trinajstić information content (AvgIpc) is 2.78. The maximum atomic E-state index is 5.82. The van der Waals surface area contributed by atoms with Gasteiger partial charge in [0.1, 0.15) is 10.5 Å². The number of rotatable bonds is 2. The first-order chi connectivity index (χ1) is 8.33. The van der Waals surface area contributed by atoms with Gasteiger partial charge in [-0.3, -0.25) is 0 Å². The summed E-state index contributed by atoms with van der Waals surface area (Å²) in [6.07, 6.45) is 4.89. The fraction of sp³-hybridized carbons (Fsp3) is 0. The number of hydrogen-bond donors (Lipinski definition) is 1. The normalized spacial score (nSPS) is 10.9. The van der Waals surface area contributed by atoms with Crippen LogP contribution in [0, 0.1) is 0 Å². The standard InChI is InChI=1S/C9H5ClN6S/c10-8-15-6-5(13-4-14-6)7(16-8)17-9-11-2-1-3-12-9/h1-4H,(H,13,14,15,16). The third-order valence-electron chi connectivity index (χ3n) is 1.96. The van der Waals surface area contributed by atoms with E-state index in [1.165, 1.54) is 11.8 Å². The monoisotopic (exact) mass is 264 g/mol.